The zero-order chi connectivity index (χ0) is 17.0. The highest BCUT2D eigenvalue weighted by Gasteiger charge is 2.56. The number of aliphatic carboxylic acids is 1. The summed E-state index contributed by atoms with van der Waals surface area (Å²) in [7, 11) is 0. The maximum atomic E-state index is 11.8. The summed E-state index contributed by atoms with van der Waals surface area (Å²) in [6.45, 7) is 2.53. The van der Waals surface area contributed by atoms with Crippen LogP contribution in [-0.4, -0.2) is 35.0 Å². The number of nitrogens with zero attached hydrogens (tertiary/aromatic N) is 1. The van der Waals surface area contributed by atoms with E-state index in [1.54, 1.807) is 19.1 Å². The van der Waals surface area contributed by atoms with E-state index in [1.807, 2.05) is 0 Å². The van der Waals surface area contributed by atoms with Crippen molar-refractivity contribution in [3.63, 3.8) is 0 Å². The Labute approximate surface area is 133 Å². The fraction of sp³-hybridized carbons (Fsp3) is 0.467. The average molecular weight is 321 g/mol. The lowest BCUT2D eigenvalue weighted by molar-refractivity contribution is -0.384. The van der Waals surface area contributed by atoms with E-state index in [-0.39, 0.29) is 5.69 Å². The SMILES string of the molecule is Cc1ccc(NCCCNC(=O)C2(C(=O)O)CC2)c([N+](=O)[O-])c1. The first-order chi connectivity index (χ1) is 10.9. The number of aryl methyl sites for hydroxylation is 1. The van der Waals surface area contributed by atoms with E-state index in [2.05, 4.69) is 10.6 Å². The van der Waals surface area contributed by atoms with E-state index >= 15 is 0 Å². The van der Waals surface area contributed by atoms with Gasteiger partial charge in [0.1, 0.15) is 11.1 Å². The van der Waals surface area contributed by atoms with Crippen molar-refractivity contribution in [3.8, 4) is 0 Å². The number of amides is 1. The highest BCUT2D eigenvalue weighted by atomic mass is 16.6. The Morgan fingerprint density at radius 2 is 2.04 bits per heavy atom. The van der Waals surface area contributed by atoms with E-state index in [0.717, 1.165) is 5.56 Å². The third-order valence-electron chi connectivity index (χ3n) is 3.90. The van der Waals surface area contributed by atoms with Crippen LogP contribution in [0.4, 0.5) is 11.4 Å². The van der Waals surface area contributed by atoms with Crippen LogP contribution >= 0.6 is 0 Å². The highest BCUT2D eigenvalue weighted by Crippen LogP contribution is 2.46. The Balaban J connectivity index is 1.77. The number of hydrogen-bond acceptors (Lipinski definition) is 5. The molecule has 0 atom stereocenters. The van der Waals surface area contributed by atoms with Crippen LogP contribution in [0.25, 0.3) is 0 Å². The van der Waals surface area contributed by atoms with Gasteiger partial charge >= 0.3 is 5.97 Å². The van der Waals surface area contributed by atoms with Crippen molar-refractivity contribution >= 4 is 23.3 Å². The van der Waals surface area contributed by atoms with Crippen LogP contribution < -0.4 is 10.6 Å². The van der Waals surface area contributed by atoms with Gasteiger partial charge in [-0.3, -0.25) is 19.7 Å². The normalized spacial score (nSPS) is 14.8. The Kier molecular flexibility index (Phi) is 4.83. The monoisotopic (exact) mass is 321 g/mol. The number of anilines is 1. The van der Waals surface area contributed by atoms with Crippen LogP contribution in [0.2, 0.25) is 0 Å². The van der Waals surface area contributed by atoms with Crippen molar-refractivity contribution in [1.82, 2.24) is 5.32 Å². The van der Waals surface area contributed by atoms with Crippen molar-refractivity contribution < 1.29 is 19.6 Å². The molecule has 1 fully saturated rings. The van der Waals surface area contributed by atoms with Crippen LogP contribution in [0.3, 0.4) is 0 Å². The number of carboxylic acid groups (broad SMARTS) is 1. The summed E-state index contributed by atoms with van der Waals surface area (Å²) in [6, 6.07) is 4.92. The predicted octanol–water partition coefficient (Wildman–Crippen LogP) is 1.69. The quantitative estimate of drug-likeness (QED) is 0.290. The van der Waals surface area contributed by atoms with Crippen LogP contribution in [0.5, 0.6) is 0 Å². The van der Waals surface area contributed by atoms with Crippen LogP contribution in [0.15, 0.2) is 18.2 Å². The molecule has 1 amide bonds. The number of carbonyl (C=O) groups excluding carboxylic acids is 1. The molecule has 0 unspecified atom stereocenters. The summed E-state index contributed by atoms with van der Waals surface area (Å²) in [4.78, 5) is 33.3. The molecule has 124 valence electrons. The third-order valence-corrected chi connectivity index (χ3v) is 3.90. The first-order valence-corrected chi connectivity index (χ1v) is 7.37. The van der Waals surface area contributed by atoms with Gasteiger partial charge in [-0.05, 0) is 37.8 Å². The molecule has 3 N–H and O–H groups in total. The highest BCUT2D eigenvalue weighted by molar-refractivity contribution is 6.04. The smallest absolute Gasteiger partial charge is 0.319 e. The summed E-state index contributed by atoms with van der Waals surface area (Å²) in [6.07, 6.45) is 1.29. The topological polar surface area (TPSA) is 122 Å². The van der Waals surface area contributed by atoms with Gasteiger partial charge < -0.3 is 15.7 Å². The fourth-order valence-corrected chi connectivity index (χ4v) is 2.29. The molecule has 1 aromatic rings. The molecule has 0 aliphatic heterocycles. The molecular formula is C15H19N3O5. The Hall–Kier alpha value is -2.64. The minimum Gasteiger partial charge on any atom is -0.480 e. The van der Waals surface area contributed by atoms with Gasteiger partial charge in [-0.25, -0.2) is 0 Å². The number of carboxylic acids is 1. The molecule has 0 saturated heterocycles. The first-order valence-electron chi connectivity index (χ1n) is 7.37. The van der Waals surface area contributed by atoms with E-state index in [9.17, 15) is 19.7 Å². The van der Waals surface area contributed by atoms with Crippen molar-refractivity contribution in [2.24, 2.45) is 5.41 Å². The number of nitrogens with one attached hydrogen (secondary N) is 2. The number of benzene rings is 1. The molecule has 1 saturated carbocycles. The summed E-state index contributed by atoms with van der Waals surface area (Å²) in [5, 5.41) is 25.5. The molecule has 0 spiro atoms. The third kappa shape index (κ3) is 3.77. The van der Waals surface area contributed by atoms with E-state index in [0.29, 0.717) is 38.0 Å². The summed E-state index contributed by atoms with van der Waals surface area (Å²) >= 11 is 0. The zero-order valence-electron chi connectivity index (χ0n) is 12.8. The number of rotatable bonds is 8. The summed E-state index contributed by atoms with van der Waals surface area (Å²) in [5.41, 5.74) is 0.00860. The second-order valence-electron chi connectivity index (χ2n) is 5.70. The van der Waals surface area contributed by atoms with Gasteiger partial charge in [-0.15, -0.1) is 0 Å². The standard InChI is InChI=1S/C15H19N3O5/c1-10-3-4-11(12(9-10)18(22)23)16-7-2-8-17-13(19)15(5-6-15)14(20)21/h3-4,9,16H,2,5-8H2,1H3,(H,17,19)(H,20,21). The van der Waals surface area contributed by atoms with Crippen LogP contribution in [0, 0.1) is 22.5 Å². The van der Waals surface area contributed by atoms with Gasteiger partial charge in [-0.1, -0.05) is 6.07 Å². The molecule has 0 aromatic heterocycles. The Morgan fingerprint density at radius 3 is 2.61 bits per heavy atom. The minimum atomic E-state index is -1.23. The molecule has 1 aliphatic carbocycles. The van der Waals surface area contributed by atoms with Gasteiger partial charge in [0.2, 0.25) is 5.91 Å². The molecule has 2 rings (SSSR count). The minimum absolute atomic E-state index is 0.0110. The largest absolute Gasteiger partial charge is 0.480 e. The molecule has 23 heavy (non-hydrogen) atoms. The van der Waals surface area contributed by atoms with Crippen molar-refractivity contribution in [2.75, 3.05) is 18.4 Å². The van der Waals surface area contributed by atoms with E-state index < -0.39 is 22.2 Å². The van der Waals surface area contributed by atoms with Crippen molar-refractivity contribution in [2.45, 2.75) is 26.2 Å². The first kappa shape index (κ1) is 16.7. The number of nitro benzene ring substituents is 1. The van der Waals surface area contributed by atoms with Crippen LogP contribution in [0.1, 0.15) is 24.8 Å². The lowest BCUT2D eigenvalue weighted by Gasteiger charge is -2.11. The Bertz CT molecular complexity index is 640. The average Bonchev–Trinajstić information content (AvgIpc) is 3.29. The molecular weight excluding hydrogens is 302 g/mol. The maximum Gasteiger partial charge on any atom is 0.319 e. The maximum absolute atomic E-state index is 11.8. The second-order valence-corrected chi connectivity index (χ2v) is 5.70. The van der Waals surface area contributed by atoms with Gasteiger partial charge in [0, 0.05) is 19.2 Å². The molecule has 0 bridgehead atoms. The molecule has 1 aliphatic rings. The van der Waals surface area contributed by atoms with Crippen molar-refractivity contribution in [3.05, 3.63) is 33.9 Å². The predicted molar refractivity (Wildman–Crippen MR) is 83.3 cm³/mol. The second kappa shape index (κ2) is 6.64. The molecule has 0 radical (unpaired) electrons. The van der Waals surface area contributed by atoms with Gasteiger partial charge in [0.25, 0.3) is 5.69 Å². The van der Waals surface area contributed by atoms with Crippen molar-refractivity contribution in [1.29, 1.82) is 0 Å². The number of nitro groups is 1. The molecule has 0 heterocycles. The van der Waals surface area contributed by atoms with Gasteiger partial charge in [0.05, 0.1) is 4.92 Å². The summed E-state index contributed by atoms with van der Waals surface area (Å²) < 4.78 is 0. The van der Waals surface area contributed by atoms with E-state index in [1.165, 1.54) is 6.07 Å². The molecule has 1 aromatic carbocycles. The van der Waals surface area contributed by atoms with Gasteiger partial charge in [-0.2, -0.15) is 0 Å². The van der Waals surface area contributed by atoms with Gasteiger partial charge in [0.15, 0.2) is 0 Å². The molecule has 8 heteroatoms. The van der Waals surface area contributed by atoms with E-state index in [4.69, 9.17) is 5.11 Å². The lowest BCUT2D eigenvalue weighted by Crippen LogP contribution is -2.37. The molecule has 8 nitrogen and oxygen atoms in total. The summed E-state index contributed by atoms with van der Waals surface area (Å²) in [5.74, 6) is -1.53. The lowest BCUT2D eigenvalue weighted by atomic mass is 10.1. The fourth-order valence-electron chi connectivity index (χ4n) is 2.29. The zero-order valence-corrected chi connectivity index (χ0v) is 12.8. The van der Waals surface area contributed by atoms with Crippen LogP contribution in [-0.2, 0) is 9.59 Å². The number of hydrogen-bond donors (Lipinski definition) is 3. The number of carbonyl (C=O) groups is 2. The Morgan fingerprint density at radius 1 is 1.35 bits per heavy atom.